The summed E-state index contributed by atoms with van der Waals surface area (Å²) in [6.07, 6.45) is 0.632. The van der Waals surface area contributed by atoms with Crippen molar-refractivity contribution >= 4 is 11.8 Å². The maximum atomic E-state index is 12.0. The number of hydrogen-bond donors (Lipinski definition) is 2. The fourth-order valence-electron chi connectivity index (χ4n) is 3.49. The van der Waals surface area contributed by atoms with Gasteiger partial charge in [0.15, 0.2) is 6.61 Å². The summed E-state index contributed by atoms with van der Waals surface area (Å²) < 4.78 is 11.2. The highest BCUT2D eigenvalue weighted by molar-refractivity contribution is 5.82. The largest absolute Gasteiger partial charge is 0.484 e. The molecule has 2 atom stereocenters. The Morgan fingerprint density at radius 2 is 1.53 bits per heavy atom. The predicted octanol–water partition coefficient (Wildman–Crippen LogP) is 2.38. The van der Waals surface area contributed by atoms with Crippen molar-refractivity contribution in [1.29, 1.82) is 0 Å². The van der Waals surface area contributed by atoms with Gasteiger partial charge in [0.05, 0.1) is 12.2 Å². The lowest BCUT2D eigenvalue weighted by Gasteiger charge is -2.35. The number of carbonyl (C=O) groups is 2. The first-order valence-corrected chi connectivity index (χ1v) is 10.2. The molecule has 160 valence electrons. The molecule has 30 heavy (non-hydrogen) atoms. The normalized spacial score (nSPS) is 19.1. The van der Waals surface area contributed by atoms with Crippen LogP contribution in [0.4, 0.5) is 0 Å². The van der Waals surface area contributed by atoms with Crippen LogP contribution in [0.2, 0.25) is 0 Å². The van der Waals surface area contributed by atoms with Crippen molar-refractivity contribution in [3.05, 3.63) is 54.6 Å². The third-order valence-electron chi connectivity index (χ3n) is 4.82. The number of nitrogens with zero attached hydrogens (tertiary/aromatic N) is 1. The molecule has 0 saturated carbocycles. The zero-order valence-corrected chi connectivity index (χ0v) is 17.5. The van der Waals surface area contributed by atoms with Crippen LogP contribution in [0.15, 0.2) is 54.6 Å². The summed E-state index contributed by atoms with van der Waals surface area (Å²) >= 11 is 0. The topological polar surface area (TPSA) is 79.9 Å². The molecule has 0 radical (unpaired) electrons. The molecule has 7 heteroatoms. The first kappa shape index (κ1) is 21.8. The Morgan fingerprint density at radius 3 is 2.20 bits per heavy atom. The molecule has 0 aliphatic carbocycles. The van der Waals surface area contributed by atoms with Gasteiger partial charge in [0, 0.05) is 26.1 Å². The Bertz CT molecular complexity index is 816. The summed E-state index contributed by atoms with van der Waals surface area (Å²) in [7, 11) is 0. The smallest absolute Gasteiger partial charge is 0.276 e. The van der Waals surface area contributed by atoms with Crippen LogP contribution in [-0.2, 0) is 14.3 Å². The third-order valence-corrected chi connectivity index (χ3v) is 4.82. The van der Waals surface area contributed by atoms with Gasteiger partial charge >= 0.3 is 0 Å². The molecule has 2 aromatic carbocycles. The van der Waals surface area contributed by atoms with Gasteiger partial charge in [-0.15, -0.1) is 0 Å². The highest BCUT2D eigenvalue weighted by Gasteiger charge is 2.22. The van der Waals surface area contributed by atoms with Crippen LogP contribution >= 0.6 is 0 Å². The van der Waals surface area contributed by atoms with Gasteiger partial charge in [0.25, 0.3) is 5.91 Å². The van der Waals surface area contributed by atoms with E-state index in [1.54, 1.807) is 0 Å². The van der Waals surface area contributed by atoms with Crippen LogP contribution in [0.25, 0.3) is 11.1 Å². The number of amides is 2. The van der Waals surface area contributed by atoms with Crippen LogP contribution in [0, 0.1) is 0 Å². The average Bonchev–Trinajstić information content (AvgIpc) is 2.75. The predicted molar refractivity (Wildman–Crippen MR) is 115 cm³/mol. The van der Waals surface area contributed by atoms with Gasteiger partial charge in [-0.05, 0) is 37.1 Å². The number of morpholine rings is 1. The zero-order valence-electron chi connectivity index (χ0n) is 17.5. The van der Waals surface area contributed by atoms with Crippen molar-refractivity contribution in [2.45, 2.75) is 32.5 Å². The Morgan fingerprint density at radius 1 is 0.933 bits per heavy atom. The van der Waals surface area contributed by atoms with E-state index in [1.807, 2.05) is 68.4 Å². The van der Waals surface area contributed by atoms with E-state index in [2.05, 4.69) is 15.8 Å². The molecule has 1 saturated heterocycles. The van der Waals surface area contributed by atoms with E-state index in [0.717, 1.165) is 24.2 Å². The summed E-state index contributed by atoms with van der Waals surface area (Å²) in [4.78, 5) is 26.1. The second kappa shape index (κ2) is 10.8. The van der Waals surface area contributed by atoms with Gasteiger partial charge in [0.1, 0.15) is 5.75 Å². The minimum Gasteiger partial charge on any atom is -0.484 e. The van der Waals surface area contributed by atoms with E-state index in [4.69, 9.17) is 9.47 Å². The molecular formula is C23H29N3O4. The molecule has 2 N–H and O–H groups in total. The molecule has 0 aromatic heterocycles. The zero-order chi connectivity index (χ0) is 21.3. The fraction of sp³-hybridized carbons (Fsp3) is 0.391. The Labute approximate surface area is 177 Å². The second-order valence-electron chi connectivity index (χ2n) is 7.54. The summed E-state index contributed by atoms with van der Waals surface area (Å²) in [6.45, 7) is 6.12. The lowest BCUT2D eigenvalue weighted by atomic mass is 10.1. The van der Waals surface area contributed by atoms with Crippen molar-refractivity contribution in [3.8, 4) is 16.9 Å². The van der Waals surface area contributed by atoms with Crippen molar-refractivity contribution in [2.24, 2.45) is 0 Å². The lowest BCUT2D eigenvalue weighted by Crippen LogP contribution is -2.48. The Hall–Kier alpha value is -2.90. The van der Waals surface area contributed by atoms with E-state index >= 15 is 0 Å². The lowest BCUT2D eigenvalue weighted by molar-refractivity contribution is -0.130. The van der Waals surface area contributed by atoms with Gasteiger partial charge < -0.3 is 9.47 Å². The third kappa shape index (κ3) is 6.86. The van der Waals surface area contributed by atoms with Gasteiger partial charge in [-0.25, -0.2) is 0 Å². The molecule has 2 aromatic rings. The van der Waals surface area contributed by atoms with E-state index < -0.39 is 5.91 Å². The van der Waals surface area contributed by atoms with E-state index in [-0.39, 0.29) is 24.7 Å². The molecule has 1 fully saturated rings. The molecular weight excluding hydrogens is 382 g/mol. The highest BCUT2D eigenvalue weighted by atomic mass is 16.5. The van der Waals surface area contributed by atoms with Crippen molar-refractivity contribution in [1.82, 2.24) is 15.8 Å². The van der Waals surface area contributed by atoms with Gasteiger partial charge in [-0.1, -0.05) is 42.5 Å². The summed E-state index contributed by atoms with van der Waals surface area (Å²) in [5, 5.41) is 0. The minimum atomic E-state index is -0.413. The summed E-state index contributed by atoms with van der Waals surface area (Å²) in [6, 6.07) is 17.5. The number of hydrazine groups is 1. The van der Waals surface area contributed by atoms with Gasteiger partial charge in [0.2, 0.25) is 5.91 Å². The van der Waals surface area contributed by atoms with Crippen LogP contribution < -0.4 is 15.6 Å². The monoisotopic (exact) mass is 411 g/mol. The van der Waals surface area contributed by atoms with Crippen molar-refractivity contribution in [2.75, 3.05) is 26.2 Å². The maximum Gasteiger partial charge on any atom is 0.276 e. The molecule has 1 heterocycles. The van der Waals surface area contributed by atoms with Crippen molar-refractivity contribution in [3.63, 3.8) is 0 Å². The number of benzene rings is 2. The first-order chi connectivity index (χ1) is 14.5. The summed E-state index contributed by atoms with van der Waals surface area (Å²) in [5.74, 6) is -0.0572. The molecule has 0 unspecified atom stereocenters. The van der Waals surface area contributed by atoms with E-state index in [0.29, 0.717) is 18.7 Å². The number of ether oxygens (including phenoxy) is 2. The van der Waals surface area contributed by atoms with Gasteiger partial charge in [-0.3, -0.25) is 25.3 Å². The molecule has 2 amide bonds. The quantitative estimate of drug-likeness (QED) is 0.684. The minimum absolute atomic E-state index is 0.162. The number of rotatable bonds is 7. The SMILES string of the molecule is C[C@H]1CN(CCC(=O)NNC(=O)COc2ccc(-c3ccccc3)cc2)C[C@H](C)O1. The van der Waals surface area contributed by atoms with E-state index in [1.165, 1.54) is 0 Å². The maximum absolute atomic E-state index is 12.0. The van der Waals surface area contributed by atoms with Crippen LogP contribution in [-0.4, -0.2) is 55.2 Å². The van der Waals surface area contributed by atoms with E-state index in [9.17, 15) is 9.59 Å². The standard InChI is InChI=1S/C23H29N3O4/c1-17-14-26(15-18(2)30-17)13-12-22(27)24-25-23(28)16-29-21-10-8-20(9-11-21)19-6-4-3-5-7-19/h3-11,17-18H,12-16H2,1-2H3,(H,24,27)(H,25,28)/t17-,18-/m0/s1. The first-order valence-electron chi connectivity index (χ1n) is 10.2. The second-order valence-corrected chi connectivity index (χ2v) is 7.54. The average molecular weight is 412 g/mol. The molecule has 1 aliphatic rings. The summed E-state index contributed by atoms with van der Waals surface area (Å²) in [5.41, 5.74) is 7.01. The fourth-order valence-corrected chi connectivity index (χ4v) is 3.49. The molecule has 7 nitrogen and oxygen atoms in total. The van der Waals surface area contributed by atoms with Crippen LogP contribution in [0.1, 0.15) is 20.3 Å². The van der Waals surface area contributed by atoms with Gasteiger partial charge in [-0.2, -0.15) is 0 Å². The molecule has 0 spiro atoms. The number of carbonyl (C=O) groups excluding carboxylic acids is 2. The van der Waals surface area contributed by atoms with Crippen LogP contribution in [0.5, 0.6) is 5.75 Å². The highest BCUT2D eigenvalue weighted by Crippen LogP contribution is 2.21. The molecule has 1 aliphatic heterocycles. The Balaban J connectivity index is 1.34. The molecule has 0 bridgehead atoms. The number of hydrogen-bond acceptors (Lipinski definition) is 5. The Kier molecular flexibility index (Phi) is 7.82. The van der Waals surface area contributed by atoms with Crippen molar-refractivity contribution < 1.29 is 19.1 Å². The molecule has 3 rings (SSSR count). The van der Waals surface area contributed by atoms with Crippen LogP contribution in [0.3, 0.4) is 0 Å². The number of nitrogens with one attached hydrogen (secondary N) is 2.